The van der Waals surface area contributed by atoms with Gasteiger partial charge in [-0.05, 0) is 43.5 Å². The smallest absolute Gasteiger partial charge is 0.273 e. The molecule has 0 unspecified atom stereocenters. The van der Waals surface area contributed by atoms with Crippen LogP contribution in [-0.4, -0.2) is 25.5 Å². The maximum atomic E-state index is 12.2. The van der Waals surface area contributed by atoms with Crippen LogP contribution < -0.4 is 10.3 Å². The van der Waals surface area contributed by atoms with Crippen molar-refractivity contribution < 1.29 is 18.1 Å². The van der Waals surface area contributed by atoms with Crippen molar-refractivity contribution in [3.05, 3.63) is 63.7 Å². The van der Waals surface area contributed by atoms with Crippen LogP contribution in [0.3, 0.4) is 0 Å². The Morgan fingerprint density at radius 1 is 1.16 bits per heavy atom. The fraction of sp³-hybridized carbons (Fsp3) is 0.133. The van der Waals surface area contributed by atoms with Crippen LogP contribution in [0.4, 0.5) is 5.69 Å². The minimum atomic E-state index is -4.14. The summed E-state index contributed by atoms with van der Waals surface area (Å²) in [7, 11) is -4.14. The lowest BCUT2D eigenvalue weighted by atomic mass is 10.2. The molecule has 0 radical (unpaired) electrons. The van der Waals surface area contributed by atoms with Crippen LogP contribution in [0.5, 0.6) is 0 Å². The molecule has 10 heteroatoms. The zero-order chi connectivity index (χ0) is 18.6. The average Bonchev–Trinajstić information content (AvgIpc) is 2.59. The lowest BCUT2D eigenvalue weighted by molar-refractivity contribution is -0.385. The van der Waals surface area contributed by atoms with Gasteiger partial charge in [0.05, 0.1) is 9.82 Å². The summed E-state index contributed by atoms with van der Waals surface area (Å²) in [6, 6.07) is 10.1. The Labute approximate surface area is 148 Å². The standard InChI is InChI=1S/C15H15N3O5S2/c1-10-3-8-13(9-14(10)18(20)21)25(22,23)17-16-15(19)11-4-6-12(24-2)7-5-11/h3-9,17H,1-2H3,(H,16,19). The van der Waals surface area contributed by atoms with Crippen molar-refractivity contribution in [3.63, 3.8) is 0 Å². The molecule has 2 aromatic rings. The van der Waals surface area contributed by atoms with Gasteiger partial charge in [-0.2, -0.15) is 0 Å². The van der Waals surface area contributed by atoms with E-state index in [9.17, 15) is 23.3 Å². The molecule has 0 fully saturated rings. The molecule has 0 aliphatic heterocycles. The van der Waals surface area contributed by atoms with E-state index in [1.807, 2.05) is 11.1 Å². The highest BCUT2D eigenvalue weighted by molar-refractivity contribution is 7.98. The lowest BCUT2D eigenvalue weighted by Crippen LogP contribution is -2.41. The van der Waals surface area contributed by atoms with Crippen LogP contribution in [0.1, 0.15) is 15.9 Å². The predicted molar refractivity (Wildman–Crippen MR) is 93.8 cm³/mol. The first-order chi connectivity index (χ1) is 11.7. The minimum absolute atomic E-state index is 0.274. The Kier molecular flexibility index (Phi) is 5.77. The number of hydrazine groups is 1. The minimum Gasteiger partial charge on any atom is -0.273 e. The average molecular weight is 381 g/mol. The van der Waals surface area contributed by atoms with Gasteiger partial charge in [-0.3, -0.25) is 20.3 Å². The molecular formula is C15H15N3O5S2. The van der Waals surface area contributed by atoms with Gasteiger partial charge < -0.3 is 0 Å². The van der Waals surface area contributed by atoms with E-state index in [1.165, 1.54) is 30.8 Å². The molecule has 0 atom stereocenters. The fourth-order valence-corrected chi connectivity index (χ4v) is 3.21. The number of carbonyl (C=O) groups excluding carboxylic acids is 1. The maximum Gasteiger partial charge on any atom is 0.273 e. The normalized spacial score (nSPS) is 11.1. The molecule has 8 nitrogen and oxygen atoms in total. The van der Waals surface area contributed by atoms with Crippen molar-refractivity contribution in [2.24, 2.45) is 0 Å². The summed E-state index contributed by atoms with van der Waals surface area (Å²) in [6.07, 6.45) is 1.89. The van der Waals surface area contributed by atoms with Crippen LogP contribution in [0.25, 0.3) is 0 Å². The van der Waals surface area contributed by atoms with E-state index >= 15 is 0 Å². The van der Waals surface area contributed by atoms with Crippen molar-refractivity contribution in [3.8, 4) is 0 Å². The number of thioether (sulfide) groups is 1. The number of sulfonamides is 1. The van der Waals surface area contributed by atoms with Gasteiger partial charge in [-0.1, -0.05) is 6.07 Å². The molecule has 0 saturated carbocycles. The molecule has 2 aromatic carbocycles. The largest absolute Gasteiger partial charge is 0.273 e. The van der Waals surface area contributed by atoms with Crippen molar-refractivity contribution in [1.29, 1.82) is 0 Å². The highest BCUT2D eigenvalue weighted by atomic mass is 32.2. The third kappa shape index (κ3) is 4.56. The van der Waals surface area contributed by atoms with Crippen molar-refractivity contribution in [2.45, 2.75) is 16.7 Å². The molecule has 2 rings (SSSR count). The molecule has 0 aliphatic carbocycles. The van der Waals surface area contributed by atoms with Crippen molar-refractivity contribution in [2.75, 3.05) is 6.26 Å². The number of aryl methyl sites for hydroxylation is 1. The molecule has 0 heterocycles. The fourth-order valence-electron chi connectivity index (χ4n) is 1.94. The third-order valence-corrected chi connectivity index (χ3v) is 5.33. The first-order valence-electron chi connectivity index (χ1n) is 6.96. The highest BCUT2D eigenvalue weighted by Crippen LogP contribution is 2.21. The second kappa shape index (κ2) is 7.64. The topological polar surface area (TPSA) is 118 Å². The molecule has 0 aromatic heterocycles. The van der Waals surface area contributed by atoms with Gasteiger partial charge in [0.15, 0.2) is 0 Å². The Bertz CT molecular complexity index is 911. The maximum absolute atomic E-state index is 12.2. The van der Waals surface area contributed by atoms with Gasteiger partial charge in [-0.25, -0.2) is 8.42 Å². The Morgan fingerprint density at radius 2 is 1.80 bits per heavy atom. The lowest BCUT2D eigenvalue weighted by Gasteiger charge is -2.09. The predicted octanol–water partition coefficient (Wildman–Crippen LogP) is 2.25. The number of hydrogen-bond donors (Lipinski definition) is 2. The number of benzene rings is 2. The number of nitro groups is 1. The van der Waals surface area contributed by atoms with Gasteiger partial charge in [0.2, 0.25) is 0 Å². The second-order valence-corrected chi connectivity index (χ2v) is 7.56. The molecule has 2 N–H and O–H groups in total. The highest BCUT2D eigenvalue weighted by Gasteiger charge is 2.20. The van der Waals surface area contributed by atoms with Crippen molar-refractivity contribution >= 4 is 33.4 Å². The Balaban J connectivity index is 2.14. The quantitative estimate of drug-likeness (QED) is 0.450. The zero-order valence-corrected chi connectivity index (χ0v) is 15.0. The van der Waals surface area contributed by atoms with Crippen LogP contribution in [0.2, 0.25) is 0 Å². The first kappa shape index (κ1) is 18.9. The summed E-state index contributed by atoms with van der Waals surface area (Å²) in [4.78, 5) is 24.8. The number of hydrogen-bond acceptors (Lipinski definition) is 6. The third-order valence-electron chi connectivity index (χ3n) is 3.34. The number of rotatable bonds is 6. The summed E-state index contributed by atoms with van der Waals surface area (Å²) < 4.78 is 24.4. The molecule has 0 saturated heterocycles. The molecule has 0 bridgehead atoms. The van der Waals surface area contributed by atoms with Crippen molar-refractivity contribution in [1.82, 2.24) is 10.3 Å². The molecule has 25 heavy (non-hydrogen) atoms. The van der Waals surface area contributed by atoms with Gasteiger partial charge in [0, 0.05) is 22.1 Å². The molecular weight excluding hydrogens is 366 g/mol. The number of nitrogens with one attached hydrogen (secondary N) is 2. The molecule has 0 aliphatic rings. The van der Waals surface area contributed by atoms with Gasteiger partial charge in [0.25, 0.3) is 21.6 Å². The summed E-state index contributed by atoms with van der Waals surface area (Å²) in [5.41, 5.74) is 2.38. The molecule has 0 spiro atoms. The first-order valence-corrected chi connectivity index (χ1v) is 9.66. The number of amides is 1. The Morgan fingerprint density at radius 3 is 2.36 bits per heavy atom. The van der Waals surface area contributed by atoms with Gasteiger partial charge >= 0.3 is 0 Å². The number of nitrogens with zero attached hydrogens (tertiary/aromatic N) is 1. The monoisotopic (exact) mass is 381 g/mol. The zero-order valence-electron chi connectivity index (χ0n) is 13.3. The van der Waals surface area contributed by atoms with E-state index in [0.29, 0.717) is 5.56 Å². The summed E-state index contributed by atoms with van der Waals surface area (Å²) in [5.74, 6) is -0.641. The summed E-state index contributed by atoms with van der Waals surface area (Å²) in [5, 5.41) is 10.9. The van der Waals surface area contributed by atoms with Gasteiger partial charge in [-0.15, -0.1) is 16.6 Å². The number of nitro benzene ring substituents is 1. The SMILES string of the molecule is CSc1ccc(C(=O)NNS(=O)(=O)c2ccc(C)c([N+](=O)[O-])c2)cc1. The molecule has 1 amide bonds. The van der Waals surface area contributed by atoms with Gasteiger partial charge in [0.1, 0.15) is 0 Å². The Hall–Kier alpha value is -2.43. The number of carbonyl (C=O) groups is 1. The second-order valence-electron chi connectivity index (χ2n) is 4.99. The summed E-state index contributed by atoms with van der Waals surface area (Å²) >= 11 is 1.51. The van der Waals surface area contributed by atoms with Crippen LogP contribution in [0.15, 0.2) is 52.3 Å². The van der Waals surface area contributed by atoms with Crippen LogP contribution in [-0.2, 0) is 10.0 Å². The van der Waals surface area contributed by atoms with E-state index in [2.05, 4.69) is 5.43 Å². The van der Waals surface area contributed by atoms with E-state index in [4.69, 9.17) is 0 Å². The van der Waals surface area contributed by atoms with Crippen LogP contribution >= 0.6 is 11.8 Å². The van der Waals surface area contributed by atoms with E-state index in [-0.39, 0.29) is 16.1 Å². The van der Waals surface area contributed by atoms with E-state index in [0.717, 1.165) is 11.0 Å². The summed E-state index contributed by atoms with van der Waals surface area (Å²) in [6.45, 7) is 1.50. The van der Waals surface area contributed by atoms with E-state index < -0.39 is 20.9 Å². The van der Waals surface area contributed by atoms with Crippen LogP contribution in [0, 0.1) is 17.0 Å². The molecule has 132 valence electrons. The van der Waals surface area contributed by atoms with E-state index in [1.54, 1.807) is 24.3 Å².